The van der Waals surface area contributed by atoms with Crippen molar-refractivity contribution < 1.29 is 9.90 Å². The van der Waals surface area contributed by atoms with Crippen molar-refractivity contribution >= 4 is 23.4 Å². The summed E-state index contributed by atoms with van der Waals surface area (Å²) in [5, 5.41) is 13.4. The number of likely N-dealkylation sites (tertiary alicyclic amines) is 1. The Balaban J connectivity index is 2.05. The number of hydrogen-bond donors (Lipinski definition) is 2. The summed E-state index contributed by atoms with van der Waals surface area (Å²) in [6, 6.07) is 7.79. The lowest BCUT2D eigenvalue weighted by atomic mass is 10.0. The zero-order valence-electron chi connectivity index (χ0n) is 11.7. The molecule has 1 saturated heterocycles. The minimum absolute atomic E-state index is 0.0585. The molecule has 0 bridgehead atoms. The van der Waals surface area contributed by atoms with Crippen molar-refractivity contribution in [2.24, 2.45) is 0 Å². The summed E-state index contributed by atoms with van der Waals surface area (Å²) in [6.07, 6.45) is 3.08. The Labute approximate surface area is 124 Å². The zero-order valence-corrected chi connectivity index (χ0v) is 12.4. The molecule has 1 fully saturated rings. The van der Waals surface area contributed by atoms with Crippen molar-refractivity contribution in [3.63, 3.8) is 0 Å². The Morgan fingerprint density at radius 3 is 2.75 bits per heavy atom. The van der Waals surface area contributed by atoms with Gasteiger partial charge in [-0.05, 0) is 37.1 Å². The molecule has 1 heterocycles. The molecule has 0 saturated carbocycles. The fraction of sp³-hybridized carbons (Fsp3) is 0.533. The van der Waals surface area contributed by atoms with Crippen molar-refractivity contribution in [3.05, 3.63) is 29.3 Å². The Bertz CT molecular complexity index is 450. The predicted molar refractivity (Wildman–Crippen MR) is 81.5 cm³/mol. The number of nitrogens with zero attached hydrogens (tertiary/aromatic N) is 1. The lowest BCUT2D eigenvalue weighted by Gasteiger charge is -2.27. The molecule has 2 N–H and O–H groups in total. The molecule has 0 aliphatic carbocycles. The number of rotatable bonds is 5. The highest BCUT2D eigenvalue weighted by Crippen LogP contribution is 2.26. The number of halogens is 1. The third-order valence-electron chi connectivity index (χ3n) is 3.84. The fourth-order valence-electron chi connectivity index (χ4n) is 2.79. The Morgan fingerprint density at radius 2 is 2.15 bits per heavy atom. The number of anilines is 1. The summed E-state index contributed by atoms with van der Waals surface area (Å²) < 4.78 is 0. The molecule has 2 unspecified atom stereocenters. The van der Waals surface area contributed by atoms with Gasteiger partial charge in [-0.25, -0.2) is 4.79 Å². The summed E-state index contributed by atoms with van der Waals surface area (Å²) in [5.74, 6) is 0. The highest BCUT2D eigenvalue weighted by atomic mass is 35.5. The highest BCUT2D eigenvalue weighted by Gasteiger charge is 2.36. The van der Waals surface area contributed by atoms with Crippen LogP contribution in [0.25, 0.3) is 0 Å². The van der Waals surface area contributed by atoms with Crippen molar-refractivity contribution in [1.82, 2.24) is 4.90 Å². The first kappa shape index (κ1) is 15.0. The molecule has 1 aromatic carbocycles. The van der Waals surface area contributed by atoms with E-state index in [-0.39, 0.29) is 12.1 Å². The summed E-state index contributed by atoms with van der Waals surface area (Å²) in [5.41, 5.74) is 0.994. The molecule has 1 amide bonds. The van der Waals surface area contributed by atoms with E-state index in [4.69, 9.17) is 11.6 Å². The molecule has 0 spiro atoms. The third-order valence-corrected chi connectivity index (χ3v) is 4.09. The van der Waals surface area contributed by atoms with Crippen LogP contribution in [-0.4, -0.2) is 34.7 Å². The molecule has 0 aromatic heterocycles. The quantitative estimate of drug-likeness (QED) is 0.861. The van der Waals surface area contributed by atoms with Crippen LogP contribution in [0.1, 0.15) is 32.6 Å². The molecule has 20 heavy (non-hydrogen) atoms. The van der Waals surface area contributed by atoms with Gasteiger partial charge in [0.2, 0.25) is 0 Å². The molecular formula is C15H21ClN2O2. The van der Waals surface area contributed by atoms with Gasteiger partial charge < -0.3 is 15.3 Å². The number of nitrogens with one attached hydrogen (secondary N) is 1. The lowest BCUT2D eigenvalue weighted by Crippen LogP contribution is -2.41. The summed E-state index contributed by atoms with van der Waals surface area (Å²) in [6.45, 7) is 2.73. The molecule has 5 heteroatoms. The topological polar surface area (TPSA) is 52.6 Å². The molecule has 1 aromatic rings. The van der Waals surface area contributed by atoms with Gasteiger partial charge in [0.05, 0.1) is 6.04 Å². The van der Waals surface area contributed by atoms with E-state index in [0.29, 0.717) is 11.6 Å². The second-order valence-electron chi connectivity index (χ2n) is 5.23. The van der Waals surface area contributed by atoms with Crippen molar-refractivity contribution in [1.29, 1.82) is 0 Å². The minimum Gasteiger partial charge on any atom is -0.465 e. The van der Waals surface area contributed by atoms with E-state index >= 15 is 0 Å². The van der Waals surface area contributed by atoms with Gasteiger partial charge in [0.15, 0.2) is 0 Å². The number of amides is 1. The van der Waals surface area contributed by atoms with Crippen LogP contribution < -0.4 is 5.32 Å². The van der Waals surface area contributed by atoms with E-state index in [1.807, 2.05) is 24.3 Å². The van der Waals surface area contributed by atoms with E-state index in [0.717, 1.165) is 31.4 Å². The van der Waals surface area contributed by atoms with Crippen LogP contribution >= 0.6 is 11.6 Å². The van der Waals surface area contributed by atoms with E-state index in [1.165, 1.54) is 0 Å². The largest absolute Gasteiger partial charge is 0.465 e. The van der Waals surface area contributed by atoms with Gasteiger partial charge in [0.1, 0.15) is 0 Å². The van der Waals surface area contributed by atoms with Crippen LogP contribution in [0, 0.1) is 0 Å². The number of benzene rings is 1. The first-order valence-electron chi connectivity index (χ1n) is 7.13. The van der Waals surface area contributed by atoms with E-state index in [1.54, 1.807) is 4.90 Å². The van der Waals surface area contributed by atoms with Gasteiger partial charge in [0, 0.05) is 23.3 Å². The Kier molecular flexibility index (Phi) is 5.12. The monoisotopic (exact) mass is 296 g/mol. The number of carbonyl (C=O) groups is 1. The van der Waals surface area contributed by atoms with Crippen LogP contribution in [0.5, 0.6) is 0 Å². The smallest absolute Gasteiger partial charge is 0.407 e. The van der Waals surface area contributed by atoms with Crippen LogP contribution in [0.3, 0.4) is 0 Å². The molecule has 110 valence electrons. The molecule has 4 nitrogen and oxygen atoms in total. The third kappa shape index (κ3) is 3.57. The van der Waals surface area contributed by atoms with Gasteiger partial charge >= 0.3 is 6.09 Å². The first-order chi connectivity index (χ1) is 9.61. The summed E-state index contributed by atoms with van der Waals surface area (Å²) in [4.78, 5) is 12.9. The van der Waals surface area contributed by atoms with E-state index in [9.17, 15) is 9.90 Å². The van der Waals surface area contributed by atoms with Crippen LogP contribution in [0.15, 0.2) is 24.3 Å². The molecular weight excluding hydrogens is 276 g/mol. The first-order valence-corrected chi connectivity index (χ1v) is 7.51. The number of hydrogen-bond acceptors (Lipinski definition) is 2. The average Bonchev–Trinajstić information content (AvgIpc) is 2.82. The van der Waals surface area contributed by atoms with Gasteiger partial charge in [-0.2, -0.15) is 0 Å². The van der Waals surface area contributed by atoms with Crippen molar-refractivity contribution in [2.75, 3.05) is 11.9 Å². The zero-order chi connectivity index (χ0) is 14.5. The maximum Gasteiger partial charge on any atom is 0.407 e. The van der Waals surface area contributed by atoms with Gasteiger partial charge in [0.25, 0.3) is 0 Å². The van der Waals surface area contributed by atoms with Gasteiger partial charge in [-0.1, -0.05) is 31.4 Å². The molecule has 0 radical (unpaired) electrons. The fourth-order valence-corrected chi connectivity index (χ4v) is 2.92. The van der Waals surface area contributed by atoms with Gasteiger partial charge in [-0.15, -0.1) is 0 Å². The van der Waals surface area contributed by atoms with Crippen molar-refractivity contribution in [3.8, 4) is 0 Å². The normalized spacial score (nSPS) is 22.0. The van der Waals surface area contributed by atoms with Crippen LogP contribution in [0.4, 0.5) is 10.5 Å². The molecule has 2 rings (SSSR count). The molecule has 2 atom stereocenters. The molecule has 1 aliphatic heterocycles. The van der Waals surface area contributed by atoms with Crippen molar-refractivity contribution in [2.45, 2.75) is 44.7 Å². The summed E-state index contributed by atoms with van der Waals surface area (Å²) in [7, 11) is 0. The van der Waals surface area contributed by atoms with Crippen LogP contribution in [-0.2, 0) is 0 Å². The Morgan fingerprint density at radius 1 is 1.45 bits per heavy atom. The minimum atomic E-state index is -0.813. The SMILES string of the molecule is CCCCC1C(Nc2ccc(Cl)cc2)CCN1C(=O)O. The maximum absolute atomic E-state index is 11.3. The summed E-state index contributed by atoms with van der Waals surface area (Å²) >= 11 is 5.88. The molecule has 1 aliphatic rings. The second kappa shape index (κ2) is 6.84. The number of unbranched alkanes of at least 4 members (excludes halogenated alkanes) is 1. The second-order valence-corrected chi connectivity index (χ2v) is 5.67. The average molecular weight is 297 g/mol. The van der Waals surface area contributed by atoms with Gasteiger partial charge in [-0.3, -0.25) is 0 Å². The Hall–Kier alpha value is -1.42. The van der Waals surface area contributed by atoms with E-state index in [2.05, 4.69) is 12.2 Å². The van der Waals surface area contributed by atoms with E-state index < -0.39 is 6.09 Å². The lowest BCUT2D eigenvalue weighted by molar-refractivity contribution is 0.136. The van der Waals surface area contributed by atoms with Crippen LogP contribution in [0.2, 0.25) is 5.02 Å². The highest BCUT2D eigenvalue weighted by molar-refractivity contribution is 6.30. The predicted octanol–water partition coefficient (Wildman–Crippen LogP) is 4.06. The standard InChI is InChI=1S/C15H21ClN2O2/c1-2-3-4-14-13(9-10-18(14)15(19)20)17-12-7-5-11(16)6-8-12/h5-8,13-14,17H,2-4,9-10H2,1H3,(H,19,20). The maximum atomic E-state index is 11.3. The number of carboxylic acid groups (broad SMARTS) is 1.